The van der Waals surface area contributed by atoms with Crippen molar-refractivity contribution in [3.8, 4) is 11.1 Å². The largest absolute Gasteiger partial charge is 0.381 e. The Morgan fingerprint density at radius 2 is 1.29 bits per heavy atom. The summed E-state index contributed by atoms with van der Waals surface area (Å²) in [5, 5.41) is 3.41. The van der Waals surface area contributed by atoms with Gasteiger partial charge in [0.1, 0.15) is 5.82 Å². The van der Waals surface area contributed by atoms with Gasteiger partial charge in [0.2, 0.25) is 0 Å². The Morgan fingerprint density at radius 1 is 0.679 bits per heavy atom. The number of nitrogens with one attached hydrogen (secondary N) is 1. The predicted octanol–water partition coefficient (Wildman–Crippen LogP) is 6.09. The van der Waals surface area contributed by atoms with E-state index in [2.05, 4.69) is 64.9 Å². The van der Waals surface area contributed by atoms with Crippen LogP contribution in [0.3, 0.4) is 0 Å². The van der Waals surface area contributed by atoms with E-state index in [1.807, 2.05) is 24.4 Å². The van der Waals surface area contributed by atoms with Gasteiger partial charge in [-0.15, -0.1) is 0 Å². The topological polar surface area (TPSA) is 24.9 Å². The second kappa shape index (κ2) is 8.49. The van der Waals surface area contributed by atoms with Crippen molar-refractivity contribution in [2.75, 3.05) is 5.32 Å². The molecule has 0 aliphatic rings. The molecule has 1 aromatic heterocycles. The molecule has 1 heterocycles. The van der Waals surface area contributed by atoms with Crippen LogP contribution in [-0.4, -0.2) is 4.98 Å². The molecule has 0 unspecified atom stereocenters. The van der Waals surface area contributed by atoms with Crippen LogP contribution in [0.25, 0.3) is 11.1 Å². The van der Waals surface area contributed by atoms with Crippen molar-refractivity contribution >= 4 is 5.69 Å². The summed E-state index contributed by atoms with van der Waals surface area (Å²) in [6.07, 6.45) is 4.54. The highest BCUT2D eigenvalue weighted by atomic mass is 19.1. The van der Waals surface area contributed by atoms with Gasteiger partial charge in [-0.2, -0.15) is 0 Å². The van der Waals surface area contributed by atoms with Gasteiger partial charge in [0.15, 0.2) is 0 Å². The molecule has 0 radical (unpaired) electrons. The number of halogens is 1. The normalized spacial score (nSPS) is 10.6. The van der Waals surface area contributed by atoms with E-state index in [0.717, 1.165) is 35.3 Å². The number of benzene rings is 3. The second-order valence-corrected chi connectivity index (χ2v) is 6.79. The first kappa shape index (κ1) is 17.9. The van der Waals surface area contributed by atoms with E-state index < -0.39 is 0 Å². The lowest BCUT2D eigenvalue weighted by Crippen LogP contribution is -1.99. The fourth-order valence-electron chi connectivity index (χ4n) is 3.14. The number of rotatable bonds is 6. The maximum atomic E-state index is 13.1. The molecular formula is C25H21FN2. The monoisotopic (exact) mass is 368 g/mol. The minimum atomic E-state index is -0.209. The van der Waals surface area contributed by atoms with E-state index in [-0.39, 0.29) is 5.82 Å². The van der Waals surface area contributed by atoms with Gasteiger partial charge in [0.05, 0.1) is 0 Å². The Hall–Kier alpha value is -3.46. The van der Waals surface area contributed by atoms with Gasteiger partial charge in [0, 0.05) is 24.6 Å². The molecule has 0 bridgehead atoms. The van der Waals surface area contributed by atoms with Crippen LogP contribution in [0.15, 0.2) is 97.3 Å². The fraction of sp³-hybridized carbons (Fsp3) is 0.0800. The number of anilines is 1. The highest BCUT2D eigenvalue weighted by Crippen LogP contribution is 2.21. The van der Waals surface area contributed by atoms with Crippen molar-refractivity contribution in [3.63, 3.8) is 0 Å². The molecule has 0 fully saturated rings. The molecule has 138 valence electrons. The molecular weight excluding hydrogens is 347 g/mol. The number of nitrogens with zero attached hydrogens (tertiary/aromatic N) is 1. The molecule has 0 saturated carbocycles. The van der Waals surface area contributed by atoms with E-state index in [1.165, 1.54) is 23.3 Å². The quantitative estimate of drug-likeness (QED) is 0.445. The Balaban J connectivity index is 1.37. The minimum absolute atomic E-state index is 0.209. The smallest absolute Gasteiger partial charge is 0.123 e. The first-order valence-corrected chi connectivity index (χ1v) is 9.33. The zero-order valence-electron chi connectivity index (χ0n) is 15.5. The summed E-state index contributed by atoms with van der Waals surface area (Å²) in [5.74, 6) is -0.209. The minimum Gasteiger partial charge on any atom is -0.381 e. The standard InChI is InChI=1S/C25H21FN2/c26-24-11-9-23(10-12-24)22-7-3-19(4-8-22)16-20-5-13-25(14-6-20)28-18-21-2-1-15-27-17-21/h1-15,17,28H,16,18H2. The SMILES string of the molecule is Fc1ccc(-c2ccc(Cc3ccc(NCc4cccnc4)cc3)cc2)cc1. The molecule has 0 aliphatic heterocycles. The third-order valence-corrected chi connectivity index (χ3v) is 4.71. The van der Waals surface area contributed by atoms with Crippen LogP contribution in [0.1, 0.15) is 16.7 Å². The van der Waals surface area contributed by atoms with Gasteiger partial charge in [-0.3, -0.25) is 4.98 Å². The summed E-state index contributed by atoms with van der Waals surface area (Å²) in [7, 11) is 0. The van der Waals surface area contributed by atoms with Crippen LogP contribution in [0, 0.1) is 5.82 Å². The van der Waals surface area contributed by atoms with Crippen molar-refractivity contribution in [2.24, 2.45) is 0 Å². The summed E-state index contributed by atoms with van der Waals surface area (Å²) in [5.41, 5.74) is 6.89. The van der Waals surface area contributed by atoms with Crippen LogP contribution >= 0.6 is 0 Å². The summed E-state index contributed by atoms with van der Waals surface area (Å²) >= 11 is 0. The van der Waals surface area contributed by atoms with E-state index in [4.69, 9.17) is 0 Å². The van der Waals surface area contributed by atoms with Gasteiger partial charge in [0.25, 0.3) is 0 Å². The molecule has 3 heteroatoms. The highest BCUT2D eigenvalue weighted by molar-refractivity contribution is 5.63. The highest BCUT2D eigenvalue weighted by Gasteiger charge is 2.01. The molecule has 0 saturated heterocycles. The second-order valence-electron chi connectivity index (χ2n) is 6.79. The zero-order valence-corrected chi connectivity index (χ0v) is 15.5. The average molecular weight is 368 g/mol. The molecule has 0 aliphatic carbocycles. The maximum absolute atomic E-state index is 13.1. The Labute approximate surface area is 164 Å². The average Bonchev–Trinajstić information content (AvgIpc) is 2.75. The van der Waals surface area contributed by atoms with E-state index >= 15 is 0 Å². The van der Waals surface area contributed by atoms with Gasteiger partial charge in [-0.25, -0.2) is 4.39 Å². The van der Waals surface area contributed by atoms with Gasteiger partial charge >= 0.3 is 0 Å². The lowest BCUT2D eigenvalue weighted by molar-refractivity contribution is 0.628. The van der Waals surface area contributed by atoms with Crippen LogP contribution in [0.4, 0.5) is 10.1 Å². The molecule has 0 spiro atoms. The Kier molecular flexibility index (Phi) is 5.43. The third-order valence-electron chi connectivity index (χ3n) is 4.71. The summed E-state index contributed by atoms with van der Waals surface area (Å²) in [6.45, 7) is 0.762. The predicted molar refractivity (Wildman–Crippen MR) is 113 cm³/mol. The van der Waals surface area contributed by atoms with Crippen LogP contribution < -0.4 is 5.32 Å². The molecule has 1 N–H and O–H groups in total. The van der Waals surface area contributed by atoms with E-state index in [0.29, 0.717) is 0 Å². The third kappa shape index (κ3) is 4.63. The molecule has 2 nitrogen and oxygen atoms in total. The van der Waals surface area contributed by atoms with Crippen molar-refractivity contribution in [1.29, 1.82) is 0 Å². The first-order valence-electron chi connectivity index (χ1n) is 9.33. The van der Waals surface area contributed by atoms with Crippen molar-refractivity contribution < 1.29 is 4.39 Å². The summed E-state index contributed by atoms with van der Waals surface area (Å²) in [4.78, 5) is 4.13. The van der Waals surface area contributed by atoms with Crippen molar-refractivity contribution in [2.45, 2.75) is 13.0 Å². The lowest BCUT2D eigenvalue weighted by Gasteiger charge is -2.08. The van der Waals surface area contributed by atoms with Crippen molar-refractivity contribution in [1.82, 2.24) is 4.98 Å². The Bertz CT molecular complexity index is 1010. The number of hydrogen-bond acceptors (Lipinski definition) is 2. The molecule has 4 aromatic rings. The molecule has 28 heavy (non-hydrogen) atoms. The molecule has 0 atom stereocenters. The zero-order chi connectivity index (χ0) is 19.2. The van der Waals surface area contributed by atoms with Gasteiger partial charge in [-0.1, -0.05) is 54.6 Å². The lowest BCUT2D eigenvalue weighted by atomic mass is 10.0. The fourth-order valence-corrected chi connectivity index (χ4v) is 3.14. The summed E-state index contributed by atoms with van der Waals surface area (Å²) < 4.78 is 13.1. The van der Waals surface area contributed by atoms with E-state index in [1.54, 1.807) is 6.20 Å². The number of aromatic nitrogens is 1. The molecule has 0 amide bonds. The van der Waals surface area contributed by atoms with Crippen LogP contribution in [-0.2, 0) is 13.0 Å². The summed E-state index contributed by atoms with van der Waals surface area (Å²) in [6, 6.07) is 27.6. The number of pyridine rings is 1. The molecule has 4 rings (SSSR count). The van der Waals surface area contributed by atoms with E-state index in [9.17, 15) is 4.39 Å². The van der Waals surface area contributed by atoms with Gasteiger partial charge < -0.3 is 5.32 Å². The molecule has 3 aromatic carbocycles. The van der Waals surface area contributed by atoms with Crippen molar-refractivity contribution in [3.05, 3.63) is 120 Å². The van der Waals surface area contributed by atoms with Gasteiger partial charge in [-0.05, 0) is 64.6 Å². The Morgan fingerprint density at radius 3 is 1.89 bits per heavy atom. The maximum Gasteiger partial charge on any atom is 0.123 e. The van der Waals surface area contributed by atoms with Crippen LogP contribution in [0.5, 0.6) is 0 Å². The first-order chi connectivity index (χ1) is 13.8. The number of hydrogen-bond donors (Lipinski definition) is 1. The van der Waals surface area contributed by atoms with Crippen LogP contribution in [0.2, 0.25) is 0 Å².